The lowest BCUT2D eigenvalue weighted by Gasteiger charge is -2.13. The third-order valence-corrected chi connectivity index (χ3v) is 4.07. The molecule has 0 aliphatic carbocycles. The highest BCUT2D eigenvalue weighted by molar-refractivity contribution is 7.14. The molecule has 2 aromatic heterocycles. The van der Waals surface area contributed by atoms with Gasteiger partial charge >= 0.3 is 0 Å². The molecule has 3 aromatic rings. The van der Waals surface area contributed by atoms with E-state index in [9.17, 15) is 9.18 Å². The van der Waals surface area contributed by atoms with E-state index in [1.54, 1.807) is 19.4 Å². The minimum atomic E-state index is -0.367. The highest BCUT2D eigenvalue weighted by atomic mass is 32.1. The number of halogens is 1. The molecule has 0 spiro atoms. The summed E-state index contributed by atoms with van der Waals surface area (Å²) in [6, 6.07) is 9.19. The van der Waals surface area contributed by atoms with E-state index in [-0.39, 0.29) is 11.7 Å². The van der Waals surface area contributed by atoms with Crippen molar-refractivity contribution in [3.8, 4) is 11.3 Å². The molecular formula is C16H12FN3OS. The van der Waals surface area contributed by atoms with E-state index in [0.717, 1.165) is 11.3 Å². The van der Waals surface area contributed by atoms with Gasteiger partial charge in [0.05, 0.1) is 5.69 Å². The van der Waals surface area contributed by atoms with Gasteiger partial charge in [0.15, 0.2) is 5.13 Å². The molecule has 1 amide bonds. The molecule has 6 heteroatoms. The van der Waals surface area contributed by atoms with Crippen LogP contribution in [-0.2, 0) is 0 Å². The molecule has 0 saturated carbocycles. The molecule has 0 N–H and O–H groups in total. The number of rotatable bonds is 3. The first-order chi connectivity index (χ1) is 10.6. The first kappa shape index (κ1) is 14.3. The van der Waals surface area contributed by atoms with Gasteiger partial charge in [-0.3, -0.25) is 14.7 Å². The number of thiazole rings is 1. The van der Waals surface area contributed by atoms with Crippen molar-refractivity contribution in [1.82, 2.24) is 9.97 Å². The summed E-state index contributed by atoms with van der Waals surface area (Å²) in [5.41, 5.74) is 2.16. The van der Waals surface area contributed by atoms with E-state index in [0.29, 0.717) is 10.7 Å². The van der Waals surface area contributed by atoms with Crippen molar-refractivity contribution in [2.24, 2.45) is 0 Å². The zero-order chi connectivity index (χ0) is 15.5. The van der Waals surface area contributed by atoms with Crippen LogP contribution in [0.2, 0.25) is 0 Å². The van der Waals surface area contributed by atoms with Crippen LogP contribution in [0, 0.1) is 5.82 Å². The molecule has 0 bridgehead atoms. The van der Waals surface area contributed by atoms with Gasteiger partial charge in [0.2, 0.25) is 0 Å². The van der Waals surface area contributed by atoms with Crippen LogP contribution in [0.15, 0.2) is 54.2 Å². The molecule has 110 valence electrons. The Balaban J connectivity index is 1.83. The summed E-state index contributed by atoms with van der Waals surface area (Å²) < 4.78 is 12.9. The molecule has 2 heterocycles. The van der Waals surface area contributed by atoms with Crippen molar-refractivity contribution in [2.45, 2.75) is 0 Å². The lowest BCUT2D eigenvalue weighted by Crippen LogP contribution is -2.26. The number of carbonyl (C=O) groups is 1. The number of carbonyl (C=O) groups excluding carboxylic acids is 1. The van der Waals surface area contributed by atoms with Gasteiger partial charge in [-0.05, 0) is 36.4 Å². The average molecular weight is 313 g/mol. The molecule has 0 unspecified atom stereocenters. The second-order valence-electron chi connectivity index (χ2n) is 4.62. The minimum absolute atomic E-state index is 0.226. The van der Waals surface area contributed by atoms with Crippen LogP contribution in [-0.4, -0.2) is 22.9 Å². The molecule has 22 heavy (non-hydrogen) atoms. The number of benzene rings is 1. The van der Waals surface area contributed by atoms with Crippen LogP contribution in [0.4, 0.5) is 9.52 Å². The second kappa shape index (κ2) is 6.03. The van der Waals surface area contributed by atoms with Gasteiger partial charge in [0.25, 0.3) is 5.91 Å². The first-order valence-corrected chi connectivity index (χ1v) is 7.42. The topological polar surface area (TPSA) is 46.1 Å². The van der Waals surface area contributed by atoms with Gasteiger partial charge in [0, 0.05) is 35.9 Å². The fourth-order valence-electron chi connectivity index (χ4n) is 1.95. The molecule has 0 atom stereocenters. The van der Waals surface area contributed by atoms with Gasteiger partial charge in [-0.2, -0.15) is 0 Å². The number of nitrogens with zero attached hydrogens (tertiary/aromatic N) is 3. The fraction of sp³-hybridized carbons (Fsp3) is 0.0625. The molecule has 0 fully saturated rings. The summed E-state index contributed by atoms with van der Waals surface area (Å²) in [7, 11) is 1.65. The van der Waals surface area contributed by atoms with Gasteiger partial charge in [-0.25, -0.2) is 9.37 Å². The number of hydrogen-bond acceptors (Lipinski definition) is 4. The van der Waals surface area contributed by atoms with E-state index in [1.165, 1.54) is 40.5 Å². The Morgan fingerprint density at radius 1 is 1.14 bits per heavy atom. The summed E-state index contributed by atoms with van der Waals surface area (Å²) >= 11 is 1.38. The second-order valence-corrected chi connectivity index (χ2v) is 5.46. The molecule has 0 saturated heterocycles. The Morgan fingerprint density at radius 3 is 2.50 bits per heavy atom. The molecule has 0 aliphatic heterocycles. The van der Waals surface area contributed by atoms with E-state index in [2.05, 4.69) is 9.97 Å². The standard InChI is InChI=1S/C16H12FN3OS/c1-20(15(21)12-2-4-13(17)5-3-12)16-19-14(10-22-16)11-6-8-18-9-7-11/h2-10H,1H3. The lowest BCUT2D eigenvalue weighted by atomic mass is 10.2. The SMILES string of the molecule is CN(C(=O)c1ccc(F)cc1)c1nc(-c2ccncc2)cs1. The number of anilines is 1. The highest BCUT2D eigenvalue weighted by Crippen LogP contribution is 2.27. The van der Waals surface area contributed by atoms with Crippen molar-refractivity contribution in [1.29, 1.82) is 0 Å². The maximum absolute atomic E-state index is 12.9. The van der Waals surface area contributed by atoms with Crippen LogP contribution in [0.1, 0.15) is 10.4 Å². The molecule has 0 aliphatic rings. The first-order valence-electron chi connectivity index (χ1n) is 6.55. The smallest absolute Gasteiger partial charge is 0.259 e. The quantitative estimate of drug-likeness (QED) is 0.742. The molecule has 1 aromatic carbocycles. The van der Waals surface area contributed by atoms with Crippen LogP contribution in [0.3, 0.4) is 0 Å². The van der Waals surface area contributed by atoms with Crippen molar-refractivity contribution < 1.29 is 9.18 Å². The summed E-state index contributed by atoms with van der Waals surface area (Å²) in [6.07, 6.45) is 3.39. The number of amides is 1. The monoisotopic (exact) mass is 313 g/mol. The fourth-order valence-corrected chi connectivity index (χ4v) is 2.74. The minimum Gasteiger partial charge on any atom is -0.287 e. The molecule has 4 nitrogen and oxygen atoms in total. The van der Waals surface area contributed by atoms with E-state index >= 15 is 0 Å². The van der Waals surface area contributed by atoms with Crippen molar-refractivity contribution in [3.63, 3.8) is 0 Å². The molecular weight excluding hydrogens is 301 g/mol. The van der Waals surface area contributed by atoms with Gasteiger partial charge in [-0.1, -0.05) is 0 Å². The van der Waals surface area contributed by atoms with Crippen molar-refractivity contribution >= 4 is 22.4 Å². The van der Waals surface area contributed by atoms with Crippen molar-refractivity contribution in [2.75, 3.05) is 11.9 Å². The van der Waals surface area contributed by atoms with Crippen molar-refractivity contribution in [3.05, 3.63) is 65.6 Å². The third-order valence-electron chi connectivity index (χ3n) is 3.15. The van der Waals surface area contributed by atoms with E-state index in [1.807, 2.05) is 17.5 Å². The average Bonchev–Trinajstić information content (AvgIpc) is 3.05. The number of pyridine rings is 1. The summed E-state index contributed by atoms with van der Waals surface area (Å²) in [6.45, 7) is 0. The van der Waals surface area contributed by atoms with Gasteiger partial charge < -0.3 is 0 Å². The number of hydrogen-bond donors (Lipinski definition) is 0. The highest BCUT2D eigenvalue weighted by Gasteiger charge is 2.17. The van der Waals surface area contributed by atoms with Gasteiger partial charge in [-0.15, -0.1) is 11.3 Å². The Morgan fingerprint density at radius 2 is 1.82 bits per heavy atom. The zero-order valence-electron chi connectivity index (χ0n) is 11.7. The summed E-state index contributed by atoms with van der Waals surface area (Å²) in [5.74, 6) is -0.593. The third kappa shape index (κ3) is 2.87. The van der Waals surface area contributed by atoms with E-state index in [4.69, 9.17) is 0 Å². The van der Waals surface area contributed by atoms with Crippen LogP contribution < -0.4 is 4.90 Å². The van der Waals surface area contributed by atoms with E-state index < -0.39 is 0 Å². The predicted octanol–water partition coefficient (Wildman–Crippen LogP) is 3.62. The van der Waals surface area contributed by atoms with Crippen LogP contribution in [0.5, 0.6) is 0 Å². The number of aromatic nitrogens is 2. The zero-order valence-corrected chi connectivity index (χ0v) is 12.5. The Labute approximate surface area is 130 Å². The van der Waals surface area contributed by atoms with Gasteiger partial charge in [0.1, 0.15) is 5.82 Å². The molecule has 3 rings (SSSR count). The summed E-state index contributed by atoms with van der Waals surface area (Å²) in [4.78, 5) is 22.3. The Bertz CT molecular complexity index is 787. The Hall–Kier alpha value is -2.60. The maximum atomic E-state index is 12.9. The lowest BCUT2D eigenvalue weighted by molar-refractivity contribution is 0.0993. The van der Waals surface area contributed by atoms with Crippen LogP contribution in [0.25, 0.3) is 11.3 Å². The largest absolute Gasteiger partial charge is 0.287 e. The maximum Gasteiger partial charge on any atom is 0.259 e. The summed E-state index contributed by atoms with van der Waals surface area (Å²) in [5, 5.41) is 2.47. The Kier molecular flexibility index (Phi) is 3.93. The van der Waals surface area contributed by atoms with Crippen LogP contribution >= 0.6 is 11.3 Å². The normalized spacial score (nSPS) is 10.5. The molecule has 0 radical (unpaired) electrons. The predicted molar refractivity (Wildman–Crippen MR) is 84.5 cm³/mol.